The Labute approximate surface area is 161 Å². The van der Waals surface area contributed by atoms with Crippen LogP contribution in [0.1, 0.15) is 0 Å². The van der Waals surface area contributed by atoms with E-state index in [0.717, 1.165) is 0 Å². The van der Waals surface area contributed by atoms with Crippen molar-refractivity contribution in [2.24, 2.45) is 0 Å². The predicted molar refractivity (Wildman–Crippen MR) is 101 cm³/mol. The Morgan fingerprint density at radius 3 is 1.25 bits per heavy atom. The van der Waals surface area contributed by atoms with Crippen LogP contribution in [0.25, 0.3) is 0 Å². The summed E-state index contributed by atoms with van der Waals surface area (Å²) in [6.45, 7) is 0. The van der Waals surface area contributed by atoms with Gasteiger partial charge in [0.25, 0.3) is 0 Å². The van der Waals surface area contributed by atoms with Gasteiger partial charge in [-0.25, -0.2) is 0 Å². The molecule has 0 bridgehead atoms. The van der Waals surface area contributed by atoms with Gasteiger partial charge in [-0.15, -0.1) is 0 Å². The molecule has 0 saturated heterocycles. The summed E-state index contributed by atoms with van der Waals surface area (Å²) < 4.78 is -2.37. The monoisotopic (exact) mass is 696 g/mol. The van der Waals surface area contributed by atoms with Crippen LogP contribution < -0.4 is 10.6 Å². The molecule has 0 saturated carbocycles. The molecular formula is C12H10P2Se6-2. The number of benzene rings is 2. The van der Waals surface area contributed by atoms with E-state index in [0.29, 0.717) is 25.4 Å². The standard InChI is InChI=1S/C12H12P2Se6/c15-13(16,11-7-3-1-4-8-11)19-20-14(17,18)12-9-5-2-6-10-12/h1-10H,(H,15,16)(H,17,18)/p-2. The molecule has 2 aromatic carbocycles. The van der Waals surface area contributed by atoms with Crippen LogP contribution in [0.2, 0.25) is 0 Å². The van der Waals surface area contributed by atoms with Crippen molar-refractivity contribution in [3.63, 3.8) is 0 Å². The van der Waals surface area contributed by atoms with E-state index >= 15 is 0 Å². The maximum atomic E-state index is 3.48. The summed E-state index contributed by atoms with van der Waals surface area (Å²) in [4.78, 5) is 0. The third kappa shape index (κ3) is 5.50. The van der Waals surface area contributed by atoms with Crippen molar-refractivity contribution in [1.82, 2.24) is 0 Å². The normalized spacial score (nSPS) is 17.1. The van der Waals surface area contributed by atoms with Gasteiger partial charge in [0, 0.05) is 0 Å². The zero-order chi connectivity index (χ0) is 14.6. The van der Waals surface area contributed by atoms with Gasteiger partial charge in [0.05, 0.1) is 0 Å². The van der Waals surface area contributed by atoms with Crippen LogP contribution in [0, 0.1) is 0 Å². The minimum absolute atomic E-state index is 0.613. The molecule has 106 valence electrons. The fraction of sp³-hybridized carbons (Fsp3) is 0. The second-order valence-corrected chi connectivity index (χ2v) is 60.5. The molecule has 0 heterocycles. The molecule has 0 N–H and O–H groups in total. The average Bonchev–Trinajstić information content (AvgIpc) is 2.47. The summed E-state index contributed by atoms with van der Waals surface area (Å²) in [7, 11) is 0. The van der Waals surface area contributed by atoms with Gasteiger partial charge in [0.2, 0.25) is 0 Å². The van der Waals surface area contributed by atoms with Gasteiger partial charge >= 0.3 is 164 Å². The Morgan fingerprint density at radius 2 is 0.950 bits per heavy atom. The van der Waals surface area contributed by atoms with E-state index in [1.165, 1.54) is 10.6 Å². The first-order valence-corrected chi connectivity index (χ1v) is 26.7. The van der Waals surface area contributed by atoms with Gasteiger partial charge in [-0.05, 0) is 0 Å². The Bertz CT molecular complexity index is 599. The van der Waals surface area contributed by atoms with Gasteiger partial charge in [0.1, 0.15) is 0 Å². The first-order chi connectivity index (χ1) is 9.42. The SMILES string of the molecule is [Se]=[P@]([Se-])([Se][Se][P@](=[Se])([Se-])c1ccccc1)c1ccccc1. The van der Waals surface area contributed by atoms with Crippen molar-refractivity contribution >= 4 is 103 Å². The van der Waals surface area contributed by atoms with E-state index in [1.807, 2.05) is 0 Å². The minimum atomic E-state index is -1.18. The van der Waals surface area contributed by atoms with Crippen LogP contribution in [-0.2, 0) is 0 Å². The maximum absolute atomic E-state index is 3.48. The van der Waals surface area contributed by atoms with Crippen molar-refractivity contribution in [2.45, 2.75) is 0 Å². The third-order valence-corrected chi connectivity index (χ3v) is 77.3. The Kier molecular flexibility index (Phi) is 7.97. The number of rotatable bonds is 5. The number of hydrogen-bond acceptors (Lipinski definition) is 0. The van der Waals surface area contributed by atoms with Crippen LogP contribution in [-0.4, -0.2) is 86.7 Å². The fourth-order valence-electron chi connectivity index (χ4n) is 1.39. The van der Waals surface area contributed by atoms with Crippen LogP contribution in [0.4, 0.5) is 0 Å². The van der Waals surface area contributed by atoms with Crippen molar-refractivity contribution < 1.29 is 0 Å². The van der Waals surface area contributed by atoms with E-state index in [-0.39, 0.29) is 0 Å². The second-order valence-electron chi connectivity index (χ2n) is 3.82. The van der Waals surface area contributed by atoms with E-state index in [9.17, 15) is 0 Å². The van der Waals surface area contributed by atoms with E-state index in [2.05, 4.69) is 122 Å². The van der Waals surface area contributed by atoms with Gasteiger partial charge in [-0.1, -0.05) is 0 Å². The summed E-state index contributed by atoms with van der Waals surface area (Å²) >= 11 is 15.2. The molecule has 2 rings (SSSR count). The van der Waals surface area contributed by atoms with E-state index in [4.69, 9.17) is 0 Å². The molecule has 8 heteroatoms. The van der Waals surface area contributed by atoms with Crippen molar-refractivity contribution in [3.05, 3.63) is 60.7 Å². The summed E-state index contributed by atoms with van der Waals surface area (Å²) in [6.07, 6.45) is 0. The molecule has 0 radical (unpaired) electrons. The zero-order valence-electron chi connectivity index (χ0n) is 10.1. The Balaban J connectivity index is 2.12. The zero-order valence-corrected chi connectivity index (χ0v) is 22.2. The molecule has 0 fully saturated rings. The molecule has 0 aliphatic carbocycles. The van der Waals surface area contributed by atoms with Crippen molar-refractivity contribution in [3.8, 4) is 0 Å². The van der Waals surface area contributed by atoms with E-state index in [1.54, 1.807) is 0 Å². The summed E-state index contributed by atoms with van der Waals surface area (Å²) in [6, 6.07) is 21.7. The van der Waals surface area contributed by atoms with Crippen molar-refractivity contribution in [1.29, 1.82) is 0 Å². The van der Waals surface area contributed by atoms with Crippen molar-refractivity contribution in [2.75, 3.05) is 0 Å². The fourth-order valence-corrected chi connectivity index (χ4v) is 90.7. The quantitative estimate of drug-likeness (QED) is 0.327. The summed E-state index contributed by atoms with van der Waals surface area (Å²) in [5, 5.41) is 2.94. The van der Waals surface area contributed by atoms with Gasteiger partial charge in [0.15, 0.2) is 0 Å². The first kappa shape index (κ1) is 18.8. The molecular weight excluding hydrogens is 680 g/mol. The van der Waals surface area contributed by atoms with Crippen LogP contribution in [0.15, 0.2) is 60.7 Å². The van der Waals surface area contributed by atoms with Crippen LogP contribution in [0.5, 0.6) is 0 Å². The van der Waals surface area contributed by atoms with E-state index < -0.39 is 5.78 Å². The molecule has 0 unspecified atom stereocenters. The van der Waals surface area contributed by atoms with Gasteiger partial charge < -0.3 is 0 Å². The molecule has 20 heavy (non-hydrogen) atoms. The Morgan fingerprint density at radius 1 is 0.650 bits per heavy atom. The van der Waals surface area contributed by atoms with Crippen LogP contribution >= 0.6 is 5.78 Å². The molecule has 0 spiro atoms. The van der Waals surface area contributed by atoms with Gasteiger partial charge in [-0.3, -0.25) is 0 Å². The molecule has 0 nitrogen and oxygen atoms in total. The molecule has 2 aromatic rings. The van der Waals surface area contributed by atoms with Gasteiger partial charge in [-0.2, -0.15) is 0 Å². The average molecular weight is 690 g/mol. The number of hydrogen-bond donors (Lipinski definition) is 0. The molecule has 0 aliphatic heterocycles. The third-order valence-electron chi connectivity index (χ3n) is 2.37. The topological polar surface area (TPSA) is 0 Å². The summed E-state index contributed by atoms with van der Waals surface area (Å²) in [5.41, 5.74) is 0. The Hall–Kier alpha value is 2.42. The molecule has 0 aromatic heterocycles. The molecule has 2 atom stereocenters. The molecule has 0 amide bonds. The van der Waals surface area contributed by atoms with Crippen LogP contribution in [0.3, 0.4) is 0 Å². The predicted octanol–water partition coefficient (Wildman–Crippen LogP) is 1.16. The molecule has 0 aliphatic rings. The first-order valence-electron chi connectivity index (χ1n) is 5.53. The second kappa shape index (κ2) is 8.50. The summed E-state index contributed by atoms with van der Waals surface area (Å²) in [5.74, 6) is 0.